The lowest BCUT2D eigenvalue weighted by Gasteiger charge is -2.33. The number of aromatic nitrogens is 3. The summed E-state index contributed by atoms with van der Waals surface area (Å²) in [4.78, 5) is 43.9. The van der Waals surface area contributed by atoms with E-state index < -0.39 is 5.97 Å². The number of pyridine rings is 1. The van der Waals surface area contributed by atoms with Crippen LogP contribution in [0.25, 0.3) is 11.3 Å². The fraction of sp³-hybridized carbons (Fsp3) is 0.346. The van der Waals surface area contributed by atoms with Gasteiger partial charge in [-0.25, -0.2) is 19.6 Å². The van der Waals surface area contributed by atoms with Crippen molar-refractivity contribution in [1.82, 2.24) is 24.8 Å². The SMILES string of the molecule is COC(=O)c1ccc(NC(=O)N2CCc3ccc(-c4cc(N5CCN(C)CC5)nc(N)n4)cc3C2)nc1. The van der Waals surface area contributed by atoms with Crippen molar-refractivity contribution in [3.63, 3.8) is 0 Å². The van der Waals surface area contributed by atoms with Gasteiger partial charge in [-0.05, 0) is 42.8 Å². The molecule has 1 fully saturated rings. The standard InChI is InChI=1S/C26H30N8O3/c1-32-9-11-33(12-10-32)23-14-21(29-25(27)31-23)18-4-3-17-7-8-34(16-20(17)13-18)26(36)30-22-6-5-19(15-28-22)24(35)37-2/h3-6,13-15H,7-12,16H2,1-2H3,(H2,27,29,31)(H,28,30,36). The Morgan fingerprint density at radius 2 is 1.81 bits per heavy atom. The van der Waals surface area contributed by atoms with Gasteiger partial charge in [-0.2, -0.15) is 4.98 Å². The lowest BCUT2D eigenvalue weighted by atomic mass is 9.96. The van der Waals surface area contributed by atoms with Gasteiger partial charge in [0.05, 0.1) is 18.4 Å². The van der Waals surface area contributed by atoms with E-state index in [1.165, 1.54) is 18.9 Å². The summed E-state index contributed by atoms with van der Waals surface area (Å²) in [5, 5.41) is 2.80. The molecule has 1 saturated heterocycles. The number of anilines is 3. The van der Waals surface area contributed by atoms with E-state index in [4.69, 9.17) is 5.73 Å². The molecule has 11 nitrogen and oxygen atoms in total. The van der Waals surface area contributed by atoms with Crippen LogP contribution in [-0.4, -0.2) is 83.6 Å². The minimum absolute atomic E-state index is 0.246. The molecular weight excluding hydrogens is 472 g/mol. The molecule has 11 heteroatoms. The zero-order valence-corrected chi connectivity index (χ0v) is 21.0. The normalized spacial score (nSPS) is 15.7. The molecular formula is C26H30N8O3. The van der Waals surface area contributed by atoms with Gasteiger partial charge in [0.1, 0.15) is 11.6 Å². The van der Waals surface area contributed by atoms with Crippen molar-refractivity contribution in [2.45, 2.75) is 13.0 Å². The zero-order valence-electron chi connectivity index (χ0n) is 21.0. The molecule has 1 aromatic carbocycles. The Bertz CT molecular complexity index is 1310. The Labute approximate surface area is 215 Å². The van der Waals surface area contributed by atoms with E-state index >= 15 is 0 Å². The van der Waals surface area contributed by atoms with Crippen LogP contribution < -0.4 is 16.0 Å². The van der Waals surface area contributed by atoms with Gasteiger partial charge in [-0.3, -0.25) is 5.32 Å². The molecule has 0 saturated carbocycles. The molecule has 0 spiro atoms. The predicted octanol–water partition coefficient (Wildman–Crippen LogP) is 2.25. The van der Waals surface area contributed by atoms with Gasteiger partial charge in [0, 0.05) is 57.1 Å². The number of hydrogen-bond donors (Lipinski definition) is 2. The molecule has 3 N–H and O–H groups in total. The molecule has 4 heterocycles. The lowest BCUT2D eigenvalue weighted by Crippen LogP contribution is -2.44. The van der Waals surface area contributed by atoms with Crippen molar-refractivity contribution in [3.05, 3.63) is 59.3 Å². The zero-order chi connectivity index (χ0) is 25.9. The molecule has 0 bridgehead atoms. The van der Waals surface area contributed by atoms with Crippen molar-refractivity contribution in [3.8, 4) is 11.3 Å². The summed E-state index contributed by atoms with van der Waals surface area (Å²) >= 11 is 0. The van der Waals surface area contributed by atoms with Crippen molar-refractivity contribution in [2.24, 2.45) is 0 Å². The van der Waals surface area contributed by atoms with Gasteiger partial charge in [0.25, 0.3) is 0 Å². The highest BCUT2D eigenvalue weighted by atomic mass is 16.5. The first-order valence-corrected chi connectivity index (χ1v) is 12.2. The highest BCUT2D eigenvalue weighted by molar-refractivity contribution is 5.91. The maximum atomic E-state index is 12.9. The van der Waals surface area contributed by atoms with Crippen LogP contribution in [0, 0.1) is 0 Å². The first-order chi connectivity index (χ1) is 17.9. The minimum atomic E-state index is -0.477. The Hall–Kier alpha value is -4.25. The highest BCUT2D eigenvalue weighted by Crippen LogP contribution is 2.28. The third kappa shape index (κ3) is 5.46. The molecule has 2 aliphatic heterocycles. The van der Waals surface area contributed by atoms with Crippen LogP contribution in [0.5, 0.6) is 0 Å². The second-order valence-corrected chi connectivity index (χ2v) is 9.27. The molecule has 2 amide bonds. The average molecular weight is 503 g/mol. The number of ether oxygens (including phenoxy) is 1. The number of nitrogen functional groups attached to an aromatic ring is 1. The molecule has 2 aliphatic rings. The average Bonchev–Trinajstić information content (AvgIpc) is 2.92. The maximum Gasteiger partial charge on any atom is 0.339 e. The highest BCUT2D eigenvalue weighted by Gasteiger charge is 2.23. The second-order valence-electron chi connectivity index (χ2n) is 9.27. The number of nitrogens with two attached hydrogens (primary N) is 1. The van der Waals surface area contributed by atoms with E-state index in [9.17, 15) is 9.59 Å². The monoisotopic (exact) mass is 502 g/mol. The Kier molecular flexibility index (Phi) is 6.87. The number of carbonyl (C=O) groups is 2. The summed E-state index contributed by atoms with van der Waals surface area (Å²) in [5.41, 5.74) is 10.4. The van der Waals surface area contributed by atoms with Gasteiger partial charge >= 0.3 is 12.0 Å². The number of urea groups is 1. The molecule has 3 aromatic rings. The summed E-state index contributed by atoms with van der Waals surface area (Å²) < 4.78 is 4.68. The van der Waals surface area contributed by atoms with Gasteiger partial charge in [0.2, 0.25) is 5.95 Å². The largest absolute Gasteiger partial charge is 0.465 e. The Morgan fingerprint density at radius 3 is 2.54 bits per heavy atom. The quantitative estimate of drug-likeness (QED) is 0.516. The topological polar surface area (TPSA) is 130 Å². The Balaban J connectivity index is 1.30. The number of hydrogen-bond acceptors (Lipinski definition) is 9. The minimum Gasteiger partial charge on any atom is -0.465 e. The van der Waals surface area contributed by atoms with Crippen LogP contribution in [0.15, 0.2) is 42.6 Å². The summed E-state index contributed by atoms with van der Waals surface area (Å²) in [6.07, 6.45) is 2.12. The number of piperazine rings is 1. The van der Waals surface area contributed by atoms with Gasteiger partial charge < -0.3 is 25.2 Å². The molecule has 0 unspecified atom stereocenters. The van der Waals surface area contributed by atoms with Crippen LogP contribution in [0.4, 0.5) is 22.4 Å². The summed E-state index contributed by atoms with van der Waals surface area (Å²) in [7, 11) is 3.43. The second kappa shape index (κ2) is 10.4. The van der Waals surface area contributed by atoms with Crippen molar-refractivity contribution in [2.75, 3.05) is 62.8 Å². The van der Waals surface area contributed by atoms with E-state index in [-0.39, 0.29) is 12.0 Å². The van der Waals surface area contributed by atoms with Crippen LogP contribution in [0.3, 0.4) is 0 Å². The van der Waals surface area contributed by atoms with Gasteiger partial charge in [-0.1, -0.05) is 12.1 Å². The fourth-order valence-corrected chi connectivity index (χ4v) is 4.58. The maximum absolute atomic E-state index is 12.9. The number of amides is 2. The van der Waals surface area contributed by atoms with Crippen LogP contribution in [-0.2, 0) is 17.7 Å². The third-order valence-electron chi connectivity index (χ3n) is 6.78. The molecule has 5 rings (SSSR count). The predicted molar refractivity (Wildman–Crippen MR) is 140 cm³/mol. The van der Waals surface area contributed by atoms with E-state index in [0.29, 0.717) is 24.5 Å². The van der Waals surface area contributed by atoms with Crippen LogP contribution in [0.1, 0.15) is 21.5 Å². The van der Waals surface area contributed by atoms with Crippen molar-refractivity contribution < 1.29 is 14.3 Å². The molecule has 0 radical (unpaired) electrons. The lowest BCUT2D eigenvalue weighted by molar-refractivity contribution is 0.0600. The summed E-state index contributed by atoms with van der Waals surface area (Å²) in [6.45, 7) is 4.78. The third-order valence-corrected chi connectivity index (χ3v) is 6.78. The molecule has 192 valence electrons. The van der Waals surface area contributed by atoms with E-state index in [2.05, 4.69) is 60.1 Å². The fourth-order valence-electron chi connectivity index (χ4n) is 4.58. The van der Waals surface area contributed by atoms with Crippen LogP contribution in [0.2, 0.25) is 0 Å². The van der Waals surface area contributed by atoms with E-state index in [0.717, 1.165) is 55.2 Å². The number of rotatable bonds is 4. The summed E-state index contributed by atoms with van der Waals surface area (Å²) in [6, 6.07) is 11.1. The number of fused-ring (bicyclic) bond motifs is 1. The van der Waals surface area contributed by atoms with Gasteiger partial charge in [-0.15, -0.1) is 0 Å². The van der Waals surface area contributed by atoms with E-state index in [1.807, 2.05) is 6.07 Å². The smallest absolute Gasteiger partial charge is 0.339 e. The molecule has 37 heavy (non-hydrogen) atoms. The number of methoxy groups -OCH3 is 1. The number of benzene rings is 1. The number of nitrogens with zero attached hydrogens (tertiary/aromatic N) is 6. The van der Waals surface area contributed by atoms with Crippen molar-refractivity contribution in [1.29, 1.82) is 0 Å². The Morgan fingerprint density at radius 1 is 1.00 bits per heavy atom. The van der Waals surface area contributed by atoms with Crippen molar-refractivity contribution >= 4 is 29.6 Å². The van der Waals surface area contributed by atoms with Gasteiger partial charge in [0.15, 0.2) is 0 Å². The first-order valence-electron chi connectivity index (χ1n) is 12.2. The molecule has 0 atom stereocenters. The van der Waals surface area contributed by atoms with E-state index in [1.54, 1.807) is 17.0 Å². The number of carbonyl (C=O) groups excluding carboxylic acids is 2. The van der Waals surface area contributed by atoms with Crippen LogP contribution >= 0.6 is 0 Å². The molecule has 0 aliphatic carbocycles. The summed E-state index contributed by atoms with van der Waals surface area (Å²) in [5.74, 6) is 0.968. The number of nitrogens with one attached hydrogen (secondary N) is 1. The molecule has 2 aromatic heterocycles. The number of likely N-dealkylation sites (N-methyl/N-ethyl adjacent to an activating group) is 1. The first kappa shape index (κ1) is 24.4. The number of esters is 1.